The molecular weight excluding hydrogens is 611 g/mol. The fourth-order valence-electron chi connectivity index (χ4n) is 6.92. The van der Waals surface area contributed by atoms with Gasteiger partial charge in [0.1, 0.15) is 9.75 Å². The molecular formula is C32H29BrCl2N2O3. The van der Waals surface area contributed by atoms with E-state index in [1.807, 2.05) is 74.5 Å². The number of anilines is 1. The van der Waals surface area contributed by atoms with E-state index in [0.29, 0.717) is 25.7 Å². The molecule has 0 spiro atoms. The van der Waals surface area contributed by atoms with Gasteiger partial charge in [-0.2, -0.15) is 0 Å². The van der Waals surface area contributed by atoms with Crippen LogP contribution in [0.25, 0.3) is 0 Å². The first-order valence-corrected chi connectivity index (χ1v) is 15.1. The number of imide groups is 1. The van der Waals surface area contributed by atoms with Crippen molar-refractivity contribution in [2.45, 2.75) is 49.3 Å². The molecule has 3 aliphatic carbocycles. The maximum absolute atomic E-state index is 13.9. The Morgan fingerprint density at radius 2 is 1.27 bits per heavy atom. The van der Waals surface area contributed by atoms with Gasteiger partial charge in [-0.1, -0.05) is 70.9 Å². The Morgan fingerprint density at radius 3 is 1.73 bits per heavy atom. The molecule has 3 amide bonds. The monoisotopic (exact) mass is 638 g/mol. The number of rotatable bonds is 7. The molecule has 5 nitrogen and oxygen atoms in total. The molecule has 2 bridgehead atoms. The molecule has 0 saturated carbocycles. The maximum atomic E-state index is 13.9. The van der Waals surface area contributed by atoms with Crippen LogP contribution in [0.2, 0.25) is 0 Å². The predicted molar refractivity (Wildman–Crippen MR) is 161 cm³/mol. The summed E-state index contributed by atoms with van der Waals surface area (Å²) in [7, 11) is 0. The van der Waals surface area contributed by atoms with Crippen molar-refractivity contribution < 1.29 is 14.4 Å². The highest BCUT2D eigenvalue weighted by molar-refractivity contribution is 9.10. The van der Waals surface area contributed by atoms with Crippen LogP contribution in [-0.2, 0) is 24.1 Å². The Hall–Kier alpha value is -2.67. The van der Waals surface area contributed by atoms with Crippen molar-refractivity contribution in [3.63, 3.8) is 0 Å². The van der Waals surface area contributed by atoms with Gasteiger partial charge < -0.3 is 5.32 Å². The van der Waals surface area contributed by atoms with E-state index in [-0.39, 0.29) is 24.3 Å². The lowest BCUT2D eigenvalue weighted by atomic mass is 9.54. The number of hydrogen-bond acceptors (Lipinski definition) is 3. The molecule has 2 atom stereocenters. The number of benzene rings is 3. The molecule has 1 N–H and O–H groups in total. The number of amides is 3. The average molecular weight is 640 g/mol. The number of halogens is 3. The lowest BCUT2D eigenvalue weighted by Gasteiger charge is -2.54. The van der Waals surface area contributed by atoms with Gasteiger partial charge in [-0.3, -0.25) is 19.3 Å². The van der Waals surface area contributed by atoms with Crippen LogP contribution in [-0.4, -0.2) is 29.2 Å². The average Bonchev–Trinajstić information content (AvgIpc) is 3.20. The van der Waals surface area contributed by atoms with Crippen LogP contribution in [0.4, 0.5) is 5.69 Å². The van der Waals surface area contributed by atoms with Crippen molar-refractivity contribution >= 4 is 62.5 Å². The molecule has 206 valence electrons. The van der Waals surface area contributed by atoms with E-state index in [1.54, 1.807) is 0 Å². The number of nitrogens with one attached hydrogen (secondary N) is 1. The smallest absolute Gasteiger partial charge is 0.235 e. The molecule has 3 aromatic rings. The Morgan fingerprint density at radius 1 is 0.825 bits per heavy atom. The number of hydrogen-bond donors (Lipinski definition) is 1. The van der Waals surface area contributed by atoms with Gasteiger partial charge in [-0.15, -0.1) is 23.2 Å². The van der Waals surface area contributed by atoms with E-state index >= 15 is 0 Å². The van der Waals surface area contributed by atoms with Crippen LogP contribution >= 0.6 is 39.1 Å². The zero-order chi connectivity index (χ0) is 28.4. The van der Waals surface area contributed by atoms with Crippen LogP contribution in [0.1, 0.15) is 59.1 Å². The lowest BCUT2D eigenvalue weighted by molar-refractivity contribution is -0.140. The molecule has 8 heteroatoms. The number of nitrogens with zero attached hydrogens (tertiary/aromatic N) is 1. The zero-order valence-electron chi connectivity index (χ0n) is 22.3. The third-order valence-electron chi connectivity index (χ3n) is 8.68. The molecule has 7 rings (SSSR count). The molecule has 0 aromatic heterocycles. The standard InChI is InChI=1S/C32H29BrCl2N2O3/c1-18-16-20(17-19(2)28(18)33)36-25(38)14-4-3-9-15-37-29(39)26-27(30(37)40)32(35)22-11-6-5-10-21(22)31(26,34)23-12-7-8-13-24(23)32/h5-8,10-13,16-17,26-27H,3-4,9,14-15H2,1-2H3,(H,36,38)/t26-,27+,31?,32?. The number of likely N-dealkylation sites (tertiary alicyclic amines) is 1. The van der Waals surface area contributed by atoms with E-state index in [9.17, 15) is 14.4 Å². The molecule has 1 aliphatic heterocycles. The predicted octanol–water partition coefficient (Wildman–Crippen LogP) is 7.16. The first-order valence-electron chi connectivity index (χ1n) is 13.6. The minimum Gasteiger partial charge on any atom is -0.326 e. The largest absolute Gasteiger partial charge is 0.326 e. The number of carbonyl (C=O) groups is 3. The molecule has 1 heterocycles. The first kappa shape index (κ1) is 27.5. The number of carbonyl (C=O) groups excluding carboxylic acids is 3. The van der Waals surface area contributed by atoms with Gasteiger partial charge in [0, 0.05) is 23.1 Å². The number of aryl methyl sites for hydroxylation is 2. The van der Waals surface area contributed by atoms with Gasteiger partial charge in [0.25, 0.3) is 0 Å². The van der Waals surface area contributed by atoms with Crippen molar-refractivity contribution in [1.29, 1.82) is 0 Å². The van der Waals surface area contributed by atoms with Crippen molar-refractivity contribution in [2.75, 3.05) is 11.9 Å². The maximum Gasteiger partial charge on any atom is 0.235 e. The van der Waals surface area contributed by atoms with Gasteiger partial charge in [0.15, 0.2) is 0 Å². The van der Waals surface area contributed by atoms with Crippen LogP contribution in [0.5, 0.6) is 0 Å². The van der Waals surface area contributed by atoms with Gasteiger partial charge >= 0.3 is 0 Å². The highest BCUT2D eigenvalue weighted by atomic mass is 79.9. The summed E-state index contributed by atoms with van der Waals surface area (Å²) in [5.74, 6) is -2.13. The first-order chi connectivity index (χ1) is 19.1. The molecule has 1 saturated heterocycles. The van der Waals surface area contributed by atoms with E-state index < -0.39 is 21.6 Å². The summed E-state index contributed by atoms with van der Waals surface area (Å²) in [5, 5.41) is 2.97. The minimum absolute atomic E-state index is 0.0549. The molecule has 3 aromatic carbocycles. The second-order valence-electron chi connectivity index (χ2n) is 11.1. The van der Waals surface area contributed by atoms with Gasteiger partial charge in [-0.25, -0.2) is 0 Å². The Kier molecular flexibility index (Phi) is 6.88. The minimum atomic E-state index is -1.15. The second-order valence-corrected chi connectivity index (χ2v) is 13.1. The molecule has 4 aliphatic rings. The van der Waals surface area contributed by atoms with Crippen LogP contribution in [0.15, 0.2) is 65.1 Å². The lowest BCUT2D eigenvalue weighted by Crippen LogP contribution is -2.57. The van der Waals surface area contributed by atoms with Gasteiger partial charge in [0.05, 0.1) is 11.8 Å². The zero-order valence-corrected chi connectivity index (χ0v) is 25.4. The SMILES string of the molecule is Cc1cc(NC(=O)CCCCCN2C(=O)[C@@H]3[C@H](C2=O)C2(Cl)c4ccccc4C3(Cl)c3ccccc32)cc(C)c1Br. The van der Waals surface area contributed by atoms with Crippen molar-refractivity contribution in [3.8, 4) is 0 Å². The highest BCUT2D eigenvalue weighted by Crippen LogP contribution is 2.69. The summed E-state index contributed by atoms with van der Waals surface area (Å²) < 4.78 is 1.04. The van der Waals surface area contributed by atoms with E-state index in [4.69, 9.17) is 23.2 Å². The molecule has 0 unspecified atom stereocenters. The summed E-state index contributed by atoms with van der Waals surface area (Å²) in [6, 6.07) is 19.2. The number of alkyl halides is 2. The topological polar surface area (TPSA) is 66.5 Å². The van der Waals surface area contributed by atoms with Gasteiger partial charge in [-0.05, 0) is 72.2 Å². The Bertz CT molecular complexity index is 1430. The summed E-state index contributed by atoms with van der Waals surface area (Å²) in [5.41, 5.74) is 6.11. The molecule has 40 heavy (non-hydrogen) atoms. The Labute approximate surface area is 252 Å². The van der Waals surface area contributed by atoms with E-state index in [2.05, 4.69) is 21.2 Å². The fraction of sp³-hybridized carbons (Fsp3) is 0.344. The van der Waals surface area contributed by atoms with E-state index in [0.717, 1.165) is 43.5 Å². The van der Waals surface area contributed by atoms with Crippen molar-refractivity contribution in [2.24, 2.45) is 11.8 Å². The molecule has 0 radical (unpaired) electrons. The molecule has 1 fully saturated rings. The number of unbranched alkanes of at least 4 members (excludes halogenated alkanes) is 2. The van der Waals surface area contributed by atoms with Crippen LogP contribution < -0.4 is 5.32 Å². The summed E-state index contributed by atoms with van der Waals surface area (Å²) in [4.78, 5) is 39.3. The van der Waals surface area contributed by atoms with Crippen LogP contribution in [0.3, 0.4) is 0 Å². The normalized spacial score (nSPS) is 26.0. The summed E-state index contributed by atoms with van der Waals surface area (Å²) in [6.45, 7) is 4.26. The van der Waals surface area contributed by atoms with Crippen LogP contribution in [0, 0.1) is 25.7 Å². The summed E-state index contributed by atoms with van der Waals surface area (Å²) >= 11 is 18.5. The quantitative estimate of drug-likeness (QED) is 0.170. The summed E-state index contributed by atoms with van der Waals surface area (Å²) in [6.07, 6.45) is 2.32. The second kappa shape index (κ2) is 10.0. The Balaban J connectivity index is 1.14. The van der Waals surface area contributed by atoms with Crippen molar-refractivity contribution in [1.82, 2.24) is 4.90 Å². The third kappa shape index (κ3) is 3.90. The van der Waals surface area contributed by atoms with Gasteiger partial charge in [0.2, 0.25) is 17.7 Å². The van der Waals surface area contributed by atoms with Crippen molar-refractivity contribution in [3.05, 3.63) is 98.5 Å². The third-order valence-corrected chi connectivity index (χ3v) is 11.2. The fourth-order valence-corrected chi connectivity index (χ4v) is 8.25. The highest BCUT2D eigenvalue weighted by Gasteiger charge is 2.72. The van der Waals surface area contributed by atoms with E-state index in [1.165, 1.54) is 4.90 Å².